The summed E-state index contributed by atoms with van der Waals surface area (Å²) in [5.41, 5.74) is 5.66. The summed E-state index contributed by atoms with van der Waals surface area (Å²) in [6.07, 6.45) is 2.16. The van der Waals surface area contributed by atoms with Crippen LogP contribution in [0.25, 0.3) is 16.9 Å². The second-order valence-corrected chi connectivity index (χ2v) is 6.50. The number of nitrogens with zero attached hydrogens (tertiary/aromatic N) is 3. The monoisotopic (exact) mass is 343 g/mol. The molecule has 0 saturated heterocycles. The van der Waals surface area contributed by atoms with Gasteiger partial charge in [-0.1, -0.05) is 34.1 Å². The van der Waals surface area contributed by atoms with Crippen LogP contribution in [-0.4, -0.2) is 28.4 Å². The second kappa shape index (κ2) is 5.62. The third kappa shape index (κ3) is 2.87. The molecule has 0 atom stereocenters. The lowest BCUT2D eigenvalue weighted by Crippen LogP contribution is -2.13. The molecule has 3 aromatic rings. The first-order chi connectivity index (χ1) is 10.0. The van der Waals surface area contributed by atoms with E-state index < -0.39 is 0 Å². The van der Waals surface area contributed by atoms with Crippen LogP contribution in [0.1, 0.15) is 11.3 Å². The fourth-order valence-corrected chi connectivity index (χ4v) is 2.75. The van der Waals surface area contributed by atoms with Crippen LogP contribution in [0.3, 0.4) is 0 Å². The van der Waals surface area contributed by atoms with Crippen molar-refractivity contribution < 1.29 is 0 Å². The highest BCUT2D eigenvalue weighted by atomic mass is 79.9. The number of rotatable bonds is 3. The van der Waals surface area contributed by atoms with E-state index in [0.717, 1.165) is 27.9 Å². The van der Waals surface area contributed by atoms with Crippen LogP contribution in [-0.2, 0) is 6.54 Å². The minimum atomic E-state index is 0.857. The van der Waals surface area contributed by atoms with Crippen LogP contribution in [0, 0.1) is 6.92 Å². The Bertz CT molecular complexity index is 773. The molecule has 0 saturated carbocycles. The lowest BCUT2D eigenvalue weighted by Gasteiger charge is -2.11. The van der Waals surface area contributed by atoms with Crippen LogP contribution in [0.5, 0.6) is 0 Å². The van der Waals surface area contributed by atoms with Crippen molar-refractivity contribution in [2.75, 3.05) is 14.1 Å². The molecule has 0 N–H and O–H groups in total. The quantitative estimate of drug-likeness (QED) is 0.712. The van der Waals surface area contributed by atoms with E-state index >= 15 is 0 Å². The number of hydrogen-bond acceptors (Lipinski definition) is 2. The molecule has 0 unspecified atom stereocenters. The number of aryl methyl sites for hydroxylation is 1. The average molecular weight is 344 g/mol. The molecule has 2 aromatic heterocycles. The Morgan fingerprint density at radius 3 is 2.48 bits per heavy atom. The van der Waals surface area contributed by atoms with Crippen molar-refractivity contribution in [3.63, 3.8) is 0 Å². The number of benzene rings is 1. The van der Waals surface area contributed by atoms with Crippen LogP contribution in [0.15, 0.2) is 47.1 Å². The molecule has 2 heterocycles. The highest BCUT2D eigenvalue weighted by molar-refractivity contribution is 9.10. The summed E-state index contributed by atoms with van der Waals surface area (Å²) in [6, 6.07) is 12.5. The molecule has 0 aliphatic rings. The van der Waals surface area contributed by atoms with Crippen LogP contribution in [0.4, 0.5) is 0 Å². The van der Waals surface area contributed by atoms with Gasteiger partial charge in [0.15, 0.2) is 0 Å². The van der Waals surface area contributed by atoms with Crippen LogP contribution < -0.4 is 0 Å². The fourth-order valence-electron chi connectivity index (χ4n) is 2.49. The highest BCUT2D eigenvalue weighted by Crippen LogP contribution is 2.27. The minimum absolute atomic E-state index is 0.857. The molecule has 4 heteroatoms. The van der Waals surface area contributed by atoms with E-state index in [4.69, 9.17) is 4.98 Å². The lowest BCUT2D eigenvalue weighted by atomic mass is 10.1. The van der Waals surface area contributed by atoms with Gasteiger partial charge in [0.2, 0.25) is 0 Å². The Morgan fingerprint density at radius 2 is 1.81 bits per heavy atom. The van der Waals surface area contributed by atoms with E-state index in [0.29, 0.717) is 0 Å². The van der Waals surface area contributed by atoms with Gasteiger partial charge >= 0.3 is 0 Å². The van der Waals surface area contributed by atoms with Gasteiger partial charge in [0, 0.05) is 22.8 Å². The predicted molar refractivity (Wildman–Crippen MR) is 90.5 cm³/mol. The van der Waals surface area contributed by atoms with E-state index in [2.05, 4.69) is 88.8 Å². The first kappa shape index (κ1) is 14.3. The summed E-state index contributed by atoms with van der Waals surface area (Å²) in [5, 5.41) is 0. The van der Waals surface area contributed by atoms with Crippen molar-refractivity contribution in [3.8, 4) is 11.3 Å². The maximum absolute atomic E-state index is 4.83. The van der Waals surface area contributed by atoms with Crippen LogP contribution >= 0.6 is 15.9 Å². The van der Waals surface area contributed by atoms with Gasteiger partial charge in [-0.2, -0.15) is 0 Å². The minimum Gasteiger partial charge on any atom is -0.304 e. The average Bonchev–Trinajstić information content (AvgIpc) is 2.77. The molecule has 0 fully saturated rings. The zero-order chi connectivity index (χ0) is 15.0. The summed E-state index contributed by atoms with van der Waals surface area (Å²) in [6.45, 7) is 2.97. The van der Waals surface area contributed by atoms with Gasteiger partial charge in [0.25, 0.3) is 0 Å². The van der Waals surface area contributed by atoms with Gasteiger partial charge in [0.1, 0.15) is 5.65 Å². The fraction of sp³-hybridized carbons (Fsp3) is 0.235. The summed E-state index contributed by atoms with van der Waals surface area (Å²) < 4.78 is 3.28. The molecule has 1 aromatic carbocycles. The Balaban J connectivity index is 2.22. The number of aromatic nitrogens is 2. The largest absolute Gasteiger partial charge is 0.304 e. The molecular formula is C17H18BrN3. The second-order valence-electron chi connectivity index (χ2n) is 5.59. The Morgan fingerprint density at radius 1 is 1.10 bits per heavy atom. The molecule has 0 spiro atoms. The predicted octanol–water partition coefficient (Wildman–Crippen LogP) is 4.13. The standard InChI is InChI=1S/C17H18BrN3/c1-12-4-9-16-19-17(13-5-7-14(18)8-6-13)15(11-20(2)3)21(16)10-12/h4-10H,11H2,1-3H3. The van der Waals surface area contributed by atoms with Gasteiger partial charge in [-0.3, -0.25) is 0 Å². The molecule has 108 valence electrons. The van der Waals surface area contributed by atoms with E-state index in [-0.39, 0.29) is 0 Å². The van der Waals surface area contributed by atoms with E-state index in [1.54, 1.807) is 0 Å². The number of hydrogen-bond donors (Lipinski definition) is 0. The molecule has 3 rings (SSSR count). The van der Waals surface area contributed by atoms with E-state index in [1.165, 1.54) is 11.3 Å². The van der Waals surface area contributed by atoms with Crippen LogP contribution in [0.2, 0.25) is 0 Å². The first-order valence-electron chi connectivity index (χ1n) is 6.93. The Hall–Kier alpha value is -1.65. The SMILES string of the molecule is Cc1ccc2nc(-c3ccc(Br)cc3)c(CN(C)C)n2c1. The topological polar surface area (TPSA) is 20.5 Å². The molecule has 0 aliphatic carbocycles. The summed E-state index contributed by atoms with van der Waals surface area (Å²) in [4.78, 5) is 7.00. The lowest BCUT2D eigenvalue weighted by molar-refractivity contribution is 0.396. The van der Waals surface area contributed by atoms with Crippen molar-refractivity contribution in [2.45, 2.75) is 13.5 Å². The summed E-state index contributed by atoms with van der Waals surface area (Å²) in [5.74, 6) is 0. The number of fused-ring (bicyclic) bond motifs is 1. The normalized spacial score (nSPS) is 11.5. The Kier molecular flexibility index (Phi) is 3.83. The van der Waals surface area contributed by atoms with Gasteiger partial charge < -0.3 is 9.30 Å². The maximum Gasteiger partial charge on any atom is 0.137 e. The summed E-state index contributed by atoms with van der Waals surface area (Å²) in [7, 11) is 4.17. The molecular weight excluding hydrogens is 326 g/mol. The van der Waals surface area contributed by atoms with Crippen molar-refractivity contribution in [1.82, 2.24) is 14.3 Å². The smallest absolute Gasteiger partial charge is 0.137 e. The van der Waals surface area contributed by atoms with Gasteiger partial charge in [-0.15, -0.1) is 0 Å². The third-order valence-electron chi connectivity index (χ3n) is 3.45. The molecule has 0 aliphatic heterocycles. The molecule has 0 bridgehead atoms. The van der Waals surface area contributed by atoms with Crippen molar-refractivity contribution in [3.05, 3.63) is 58.3 Å². The van der Waals surface area contributed by atoms with Gasteiger partial charge in [-0.25, -0.2) is 4.98 Å². The van der Waals surface area contributed by atoms with Crippen molar-refractivity contribution in [2.24, 2.45) is 0 Å². The number of halogens is 1. The van der Waals surface area contributed by atoms with Crippen molar-refractivity contribution in [1.29, 1.82) is 0 Å². The van der Waals surface area contributed by atoms with E-state index in [9.17, 15) is 0 Å². The molecule has 21 heavy (non-hydrogen) atoms. The number of imidazole rings is 1. The van der Waals surface area contributed by atoms with E-state index in [1.807, 2.05) is 0 Å². The highest BCUT2D eigenvalue weighted by Gasteiger charge is 2.14. The zero-order valence-corrected chi connectivity index (χ0v) is 14.1. The maximum atomic E-state index is 4.83. The van der Waals surface area contributed by atoms with Gasteiger partial charge in [-0.05, 0) is 44.8 Å². The molecule has 3 nitrogen and oxygen atoms in total. The third-order valence-corrected chi connectivity index (χ3v) is 3.98. The number of pyridine rings is 1. The Labute approximate surface area is 133 Å². The molecule has 0 radical (unpaired) electrons. The van der Waals surface area contributed by atoms with Crippen molar-refractivity contribution >= 4 is 21.6 Å². The first-order valence-corrected chi connectivity index (χ1v) is 7.72. The zero-order valence-electron chi connectivity index (χ0n) is 12.5. The molecule has 0 amide bonds. The summed E-state index contributed by atoms with van der Waals surface area (Å²) >= 11 is 3.49. The van der Waals surface area contributed by atoms with Gasteiger partial charge in [0.05, 0.1) is 11.4 Å².